The summed E-state index contributed by atoms with van der Waals surface area (Å²) in [5, 5.41) is 16.3. The van der Waals surface area contributed by atoms with Gasteiger partial charge in [-0.25, -0.2) is 9.67 Å². The summed E-state index contributed by atoms with van der Waals surface area (Å²) in [6.07, 6.45) is 6.15. The van der Waals surface area contributed by atoms with Crippen LogP contribution in [0.4, 0.5) is 0 Å². The van der Waals surface area contributed by atoms with Crippen molar-refractivity contribution >= 4 is 17.7 Å². The van der Waals surface area contributed by atoms with Crippen molar-refractivity contribution in [3.63, 3.8) is 0 Å². The van der Waals surface area contributed by atoms with E-state index in [1.807, 2.05) is 44.2 Å². The standard InChI is InChI=1S/C18H22ClN3O3/c1-17(2,16-24-9-10-25-16)18(23,11-22-13-20-12-21-22)8-7-14-3-5-15(19)6-4-14/h3-8,12-13,16,23H,9-11H2,1-2H3/b8-7+. The van der Waals surface area contributed by atoms with E-state index in [9.17, 15) is 5.11 Å². The van der Waals surface area contributed by atoms with Gasteiger partial charge < -0.3 is 14.6 Å². The van der Waals surface area contributed by atoms with E-state index in [1.54, 1.807) is 17.1 Å². The molecule has 1 aromatic heterocycles. The van der Waals surface area contributed by atoms with Crippen molar-refractivity contribution in [2.24, 2.45) is 5.41 Å². The number of aromatic nitrogens is 3. The number of hydrogen-bond acceptors (Lipinski definition) is 5. The van der Waals surface area contributed by atoms with Crippen LogP contribution in [-0.4, -0.2) is 45.0 Å². The van der Waals surface area contributed by atoms with E-state index in [-0.39, 0.29) is 6.54 Å². The third kappa shape index (κ3) is 3.93. The van der Waals surface area contributed by atoms with Crippen molar-refractivity contribution in [2.45, 2.75) is 32.3 Å². The highest BCUT2D eigenvalue weighted by Gasteiger charge is 2.50. The Bertz CT molecular complexity index is 710. The number of halogens is 1. The lowest BCUT2D eigenvalue weighted by atomic mass is 9.73. The van der Waals surface area contributed by atoms with Crippen LogP contribution in [0.5, 0.6) is 0 Å². The summed E-state index contributed by atoms with van der Waals surface area (Å²) in [7, 11) is 0. The maximum absolute atomic E-state index is 11.5. The van der Waals surface area contributed by atoms with Crippen LogP contribution in [-0.2, 0) is 16.0 Å². The molecule has 0 radical (unpaired) electrons. The van der Waals surface area contributed by atoms with Crippen molar-refractivity contribution in [3.05, 3.63) is 53.6 Å². The molecule has 1 aliphatic heterocycles. The molecule has 25 heavy (non-hydrogen) atoms. The van der Waals surface area contributed by atoms with Crippen LogP contribution in [0.2, 0.25) is 5.02 Å². The first-order valence-corrected chi connectivity index (χ1v) is 8.51. The van der Waals surface area contributed by atoms with Crippen molar-refractivity contribution in [2.75, 3.05) is 13.2 Å². The Balaban J connectivity index is 1.91. The van der Waals surface area contributed by atoms with Crippen molar-refractivity contribution in [1.82, 2.24) is 14.8 Å². The summed E-state index contributed by atoms with van der Waals surface area (Å²) >= 11 is 5.93. The van der Waals surface area contributed by atoms with Gasteiger partial charge in [0.05, 0.1) is 19.8 Å². The monoisotopic (exact) mass is 363 g/mol. The van der Waals surface area contributed by atoms with Crippen LogP contribution in [0.15, 0.2) is 43.0 Å². The Morgan fingerprint density at radius 2 is 1.96 bits per heavy atom. The minimum absolute atomic E-state index is 0.229. The molecule has 2 heterocycles. The molecule has 6 nitrogen and oxygen atoms in total. The topological polar surface area (TPSA) is 69.4 Å². The van der Waals surface area contributed by atoms with Gasteiger partial charge in [-0.2, -0.15) is 5.10 Å². The van der Waals surface area contributed by atoms with Gasteiger partial charge in [-0.3, -0.25) is 0 Å². The predicted octanol–water partition coefficient (Wildman–Crippen LogP) is 2.78. The fourth-order valence-corrected chi connectivity index (χ4v) is 2.95. The molecule has 1 fully saturated rings. The maximum atomic E-state index is 11.5. The van der Waals surface area contributed by atoms with Gasteiger partial charge in [0.1, 0.15) is 18.3 Å². The second-order valence-electron chi connectivity index (χ2n) is 6.70. The summed E-state index contributed by atoms with van der Waals surface area (Å²) < 4.78 is 12.9. The number of ether oxygens (including phenoxy) is 2. The molecule has 1 N–H and O–H groups in total. The van der Waals surface area contributed by atoms with Gasteiger partial charge in [0, 0.05) is 10.4 Å². The Morgan fingerprint density at radius 3 is 2.56 bits per heavy atom. The first-order chi connectivity index (χ1) is 11.9. The number of rotatable bonds is 6. The van der Waals surface area contributed by atoms with Gasteiger partial charge in [-0.1, -0.05) is 43.7 Å². The van der Waals surface area contributed by atoms with Crippen LogP contribution < -0.4 is 0 Å². The molecular formula is C18H22ClN3O3. The molecule has 0 aliphatic carbocycles. The highest BCUT2D eigenvalue weighted by molar-refractivity contribution is 6.30. The molecule has 134 valence electrons. The second kappa shape index (κ2) is 7.25. The van der Waals surface area contributed by atoms with E-state index in [1.165, 1.54) is 6.33 Å². The highest BCUT2D eigenvalue weighted by Crippen LogP contribution is 2.40. The van der Waals surface area contributed by atoms with Gasteiger partial charge in [-0.15, -0.1) is 0 Å². The van der Waals surface area contributed by atoms with Gasteiger partial charge in [0.25, 0.3) is 0 Å². The largest absolute Gasteiger partial charge is 0.383 e. The normalized spacial score (nSPS) is 18.7. The summed E-state index contributed by atoms with van der Waals surface area (Å²) in [6.45, 7) is 5.12. The van der Waals surface area contributed by atoms with E-state index in [2.05, 4.69) is 10.1 Å². The second-order valence-corrected chi connectivity index (χ2v) is 7.13. The number of hydrogen-bond donors (Lipinski definition) is 1. The molecule has 1 aromatic carbocycles. The third-order valence-electron chi connectivity index (χ3n) is 4.62. The van der Waals surface area contributed by atoms with E-state index in [0.29, 0.717) is 18.2 Å². The summed E-state index contributed by atoms with van der Waals surface area (Å²) in [4.78, 5) is 3.95. The fourth-order valence-electron chi connectivity index (χ4n) is 2.82. The Morgan fingerprint density at radius 1 is 1.28 bits per heavy atom. The van der Waals surface area contributed by atoms with Crippen molar-refractivity contribution in [3.8, 4) is 0 Å². The molecule has 1 saturated heterocycles. The average molecular weight is 364 g/mol. The number of benzene rings is 1. The van der Waals surface area contributed by atoms with Gasteiger partial charge in [0.2, 0.25) is 0 Å². The van der Waals surface area contributed by atoms with Crippen molar-refractivity contribution in [1.29, 1.82) is 0 Å². The molecule has 3 rings (SSSR count). The molecule has 0 bridgehead atoms. The van der Waals surface area contributed by atoms with Crippen LogP contribution in [0, 0.1) is 5.41 Å². The zero-order valence-electron chi connectivity index (χ0n) is 14.3. The molecule has 1 atom stereocenters. The van der Waals surface area contributed by atoms with Crippen LogP contribution in [0.3, 0.4) is 0 Å². The minimum atomic E-state index is -1.27. The molecule has 1 aliphatic rings. The number of nitrogens with zero attached hydrogens (tertiary/aromatic N) is 3. The zero-order chi connectivity index (χ0) is 17.9. The van der Waals surface area contributed by atoms with E-state index in [4.69, 9.17) is 21.1 Å². The average Bonchev–Trinajstić information content (AvgIpc) is 3.28. The zero-order valence-corrected chi connectivity index (χ0v) is 15.1. The molecule has 0 saturated carbocycles. The molecule has 0 amide bonds. The molecule has 2 aromatic rings. The first kappa shape index (κ1) is 18.1. The third-order valence-corrected chi connectivity index (χ3v) is 4.87. The maximum Gasteiger partial charge on any atom is 0.165 e. The lowest BCUT2D eigenvalue weighted by molar-refractivity contribution is -0.188. The van der Waals surface area contributed by atoms with Crippen LogP contribution >= 0.6 is 11.6 Å². The Labute approximate surface area is 152 Å². The first-order valence-electron chi connectivity index (χ1n) is 8.13. The van der Waals surface area contributed by atoms with Gasteiger partial charge in [-0.05, 0) is 23.8 Å². The van der Waals surface area contributed by atoms with Crippen molar-refractivity contribution < 1.29 is 14.6 Å². The Hall–Kier alpha value is -1.73. The van der Waals surface area contributed by atoms with Gasteiger partial charge >= 0.3 is 0 Å². The molecule has 0 spiro atoms. The van der Waals surface area contributed by atoms with Crippen LogP contribution in [0.25, 0.3) is 6.08 Å². The molecule has 1 unspecified atom stereocenters. The van der Waals surface area contributed by atoms with Crippen LogP contribution in [0.1, 0.15) is 19.4 Å². The summed E-state index contributed by atoms with van der Waals surface area (Å²) in [5.41, 5.74) is -1.04. The van der Waals surface area contributed by atoms with E-state index >= 15 is 0 Å². The fraction of sp³-hybridized carbons (Fsp3) is 0.444. The quantitative estimate of drug-likeness (QED) is 0.854. The summed E-state index contributed by atoms with van der Waals surface area (Å²) in [5.74, 6) is 0. The number of aliphatic hydroxyl groups is 1. The summed E-state index contributed by atoms with van der Waals surface area (Å²) in [6, 6.07) is 7.41. The lowest BCUT2D eigenvalue weighted by Gasteiger charge is -2.43. The van der Waals surface area contributed by atoms with Gasteiger partial charge in [0.15, 0.2) is 6.29 Å². The smallest absolute Gasteiger partial charge is 0.165 e. The van der Waals surface area contributed by atoms with E-state index < -0.39 is 17.3 Å². The molecule has 7 heteroatoms. The predicted molar refractivity (Wildman–Crippen MR) is 94.9 cm³/mol. The minimum Gasteiger partial charge on any atom is -0.383 e. The Kier molecular flexibility index (Phi) is 5.24. The lowest BCUT2D eigenvalue weighted by Crippen LogP contribution is -2.53. The molecular weight excluding hydrogens is 342 g/mol. The SMILES string of the molecule is CC(C)(C1OCCO1)C(O)(/C=C/c1ccc(Cl)cc1)Cn1cncn1. The van der Waals surface area contributed by atoms with E-state index in [0.717, 1.165) is 5.56 Å². The highest BCUT2D eigenvalue weighted by atomic mass is 35.5.